The number of rotatable bonds is 3. The molecule has 2 atom stereocenters. The second-order valence-corrected chi connectivity index (χ2v) is 6.93. The minimum Gasteiger partial charge on any atom is -0.311 e. The smallest absolute Gasteiger partial charge is 0.0198 e. The molecular weight excluding hydrogens is 220 g/mol. The Kier molecular flexibility index (Phi) is 5.50. The molecule has 0 spiro atoms. The van der Waals surface area contributed by atoms with Crippen LogP contribution in [0.25, 0.3) is 0 Å². The van der Waals surface area contributed by atoms with Crippen molar-refractivity contribution in [1.29, 1.82) is 0 Å². The third kappa shape index (κ3) is 3.96. The maximum absolute atomic E-state index is 3.74. The lowest BCUT2D eigenvalue weighted by Crippen LogP contribution is -2.58. The number of nitrogens with one attached hydrogen (secondary N) is 1. The van der Waals surface area contributed by atoms with Gasteiger partial charge in [-0.2, -0.15) is 0 Å². The Morgan fingerprint density at radius 1 is 1.11 bits per heavy atom. The van der Waals surface area contributed by atoms with Crippen LogP contribution in [0.15, 0.2) is 0 Å². The molecule has 0 amide bonds. The summed E-state index contributed by atoms with van der Waals surface area (Å²) >= 11 is 0. The van der Waals surface area contributed by atoms with Gasteiger partial charge in [0.05, 0.1) is 0 Å². The highest BCUT2D eigenvalue weighted by Crippen LogP contribution is 2.25. The average molecular weight is 252 g/mol. The Morgan fingerprint density at radius 2 is 1.78 bits per heavy atom. The van der Waals surface area contributed by atoms with Gasteiger partial charge in [-0.25, -0.2) is 0 Å². The van der Waals surface area contributed by atoms with Crippen LogP contribution in [0.2, 0.25) is 0 Å². The van der Waals surface area contributed by atoms with Gasteiger partial charge in [0.1, 0.15) is 0 Å². The predicted octanol–water partition coefficient (Wildman–Crippen LogP) is 3.42. The van der Waals surface area contributed by atoms with E-state index in [1.165, 1.54) is 58.0 Å². The Morgan fingerprint density at radius 3 is 2.39 bits per heavy atom. The van der Waals surface area contributed by atoms with Gasteiger partial charge in [-0.15, -0.1) is 0 Å². The second-order valence-electron chi connectivity index (χ2n) is 6.93. The second kappa shape index (κ2) is 6.91. The summed E-state index contributed by atoms with van der Waals surface area (Å²) in [7, 11) is 0. The highest BCUT2D eigenvalue weighted by atomic mass is 15.2. The monoisotopic (exact) mass is 252 g/mol. The van der Waals surface area contributed by atoms with Crippen LogP contribution in [0.1, 0.15) is 65.7 Å². The van der Waals surface area contributed by atoms with Gasteiger partial charge in [-0.05, 0) is 32.1 Å². The first-order chi connectivity index (χ1) is 8.66. The van der Waals surface area contributed by atoms with Gasteiger partial charge >= 0.3 is 0 Å². The molecule has 1 saturated carbocycles. The van der Waals surface area contributed by atoms with E-state index in [0.717, 1.165) is 24.0 Å². The van der Waals surface area contributed by atoms with E-state index < -0.39 is 0 Å². The molecule has 18 heavy (non-hydrogen) atoms. The SMILES string of the molecule is CC(C)CC1CN(C2CCCCCC2)C(C)CN1. The van der Waals surface area contributed by atoms with Crippen molar-refractivity contribution in [3.8, 4) is 0 Å². The van der Waals surface area contributed by atoms with Crippen molar-refractivity contribution in [3.63, 3.8) is 0 Å². The lowest BCUT2D eigenvalue weighted by molar-refractivity contribution is 0.0766. The molecule has 106 valence electrons. The zero-order valence-corrected chi connectivity index (χ0v) is 12.6. The standard InChI is InChI=1S/C16H32N2/c1-13(2)10-15-12-18(14(3)11-17-15)16-8-6-4-5-7-9-16/h13-17H,4-12H2,1-3H3. The molecule has 1 aliphatic carbocycles. The number of hydrogen-bond acceptors (Lipinski definition) is 2. The van der Waals surface area contributed by atoms with E-state index in [1.807, 2.05) is 0 Å². The van der Waals surface area contributed by atoms with Crippen molar-refractivity contribution in [2.24, 2.45) is 5.92 Å². The van der Waals surface area contributed by atoms with E-state index in [0.29, 0.717) is 0 Å². The van der Waals surface area contributed by atoms with Crippen molar-refractivity contribution < 1.29 is 0 Å². The molecule has 0 radical (unpaired) electrons. The molecule has 2 unspecified atom stereocenters. The molecule has 2 fully saturated rings. The molecule has 1 heterocycles. The van der Waals surface area contributed by atoms with Crippen molar-refractivity contribution in [2.75, 3.05) is 13.1 Å². The topological polar surface area (TPSA) is 15.3 Å². The molecule has 0 aromatic heterocycles. The normalized spacial score (nSPS) is 32.7. The Balaban J connectivity index is 1.91. The van der Waals surface area contributed by atoms with Crippen LogP contribution in [0.3, 0.4) is 0 Å². The minimum absolute atomic E-state index is 0.726. The molecule has 0 bridgehead atoms. The Hall–Kier alpha value is -0.0800. The van der Waals surface area contributed by atoms with Crippen LogP contribution in [-0.2, 0) is 0 Å². The third-order valence-corrected chi connectivity index (χ3v) is 4.75. The van der Waals surface area contributed by atoms with Crippen molar-refractivity contribution in [1.82, 2.24) is 10.2 Å². The highest BCUT2D eigenvalue weighted by molar-refractivity contribution is 4.88. The quantitative estimate of drug-likeness (QED) is 0.774. The van der Waals surface area contributed by atoms with Gasteiger partial charge in [-0.1, -0.05) is 39.5 Å². The maximum atomic E-state index is 3.74. The number of piperazine rings is 1. The van der Waals surface area contributed by atoms with Gasteiger partial charge < -0.3 is 5.32 Å². The molecule has 2 aliphatic rings. The molecule has 1 N–H and O–H groups in total. The van der Waals surface area contributed by atoms with E-state index in [4.69, 9.17) is 0 Å². The maximum Gasteiger partial charge on any atom is 0.0198 e. The predicted molar refractivity (Wildman–Crippen MR) is 78.9 cm³/mol. The molecule has 2 heteroatoms. The fourth-order valence-electron chi connectivity index (χ4n) is 3.78. The van der Waals surface area contributed by atoms with Crippen molar-refractivity contribution in [3.05, 3.63) is 0 Å². The fourth-order valence-corrected chi connectivity index (χ4v) is 3.78. The van der Waals surface area contributed by atoms with Crippen LogP contribution in [0.4, 0.5) is 0 Å². The summed E-state index contributed by atoms with van der Waals surface area (Å²) in [6, 6.07) is 2.33. The zero-order chi connectivity index (χ0) is 13.0. The lowest BCUT2D eigenvalue weighted by Gasteiger charge is -2.44. The van der Waals surface area contributed by atoms with Crippen LogP contribution in [0.5, 0.6) is 0 Å². The number of hydrogen-bond donors (Lipinski definition) is 1. The average Bonchev–Trinajstić information content (AvgIpc) is 2.59. The minimum atomic E-state index is 0.726. The van der Waals surface area contributed by atoms with Crippen molar-refractivity contribution >= 4 is 0 Å². The fraction of sp³-hybridized carbons (Fsp3) is 1.00. The van der Waals surface area contributed by atoms with E-state index in [1.54, 1.807) is 0 Å². The summed E-state index contributed by atoms with van der Waals surface area (Å²) in [5.41, 5.74) is 0. The van der Waals surface area contributed by atoms with Crippen LogP contribution >= 0.6 is 0 Å². The summed E-state index contributed by atoms with van der Waals surface area (Å²) < 4.78 is 0. The molecular formula is C16H32N2. The first kappa shape index (κ1) is 14.3. The zero-order valence-electron chi connectivity index (χ0n) is 12.6. The summed E-state index contributed by atoms with van der Waals surface area (Å²) in [5, 5.41) is 3.74. The van der Waals surface area contributed by atoms with Crippen molar-refractivity contribution in [2.45, 2.75) is 83.8 Å². The summed E-state index contributed by atoms with van der Waals surface area (Å²) in [4.78, 5) is 2.83. The van der Waals surface area contributed by atoms with Gasteiger partial charge in [0.15, 0.2) is 0 Å². The van der Waals surface area contributed by atoms with E-state index in [2.05, 4.69) is 31.0 Å². The largest absolute Gasteiger partial charge is 0.311 e. The number of nitrogens with zero attached hydrogens (tertiary/aromatic N) is 1. The summed E-state index contributed by atoms with van der Waals surface area (Å²) in [6.45, 7) is 9.56. The van der Waals surface area contributed by atoms with Crippen LogP contribution < -0.4 is 5.32 Å². The highest BCUT2D eigenvalue weighted by Gasteiger charge is 2.30. The molecule has 2 nitrogen and oxygen atoms in total. The van der Waals surface area contributed by atoms with Crippen LogP contribution in [0, 0.1) is 5.92 Å². The van der Waals surface area contributed by atoms with E-state index >= 15 is 0 Å². The third-order valence-electron chi connectivity index (χ3n) is 4.75. The Bertz CT molecular complexity index is 231. The summed E-state index contributed by atoms with van der Waals surface area (Å²) in [5.74, 6) is 0.812. The first-order valence-electron chi connectivity index (χ1n) is 8.16. The molecule has 0 aromatic rings. The Labute approximate surface area is 114 Å². The molecule has 0 aromatic carbocycles. The van der Waals surface area contributed by atoms with Gasteiger partial charge in [0.2, 0.25) is 0 Å². The van der Waals surface area contributed by atoms with E-state index in [-0.39, 0.29) is 0 Å². The van der Waals surface area contributed by atoms with Gasteiger partial charge in [0.25, 0.3) is 0 Å². The van der Waals surface area contributed by atoms with Gasteiger partial charge in [0, 0.05) is 31.2 Å². The van der Waals surface area contributed by atoms with Crippen LogP contribution in [-0.4, -0.2) is 36.1 Å². The molecule has 1 saturated heterocycles. The van der Waals surface area contributed by atoms with E-state index in [9.17, 15) is 0 Å². The van der Waals surface area contributed by atoms with Gasteiger partial charge in [-0.3, -0.25) is 4.90 Å². The first-order valence-corrected chi connectivity index (χ1v) is 8.16. The molecule has 1 aliphatic heterocycles. The lowest BCUT2D eigenvalue weighted by atomic mass is 9.97. The summed E-state index contributed by atoms with van der Waals surface area (Å²) in [6.07, 6.45) is 10.1. The molecule has 2 rings (SSSR count).